The first-order valence-electron chi connectivity index (χ1n) is 11.2. The summed E-state index contributed by atoms with van der Waals surface area (Å²) in [5.74, 6) is 2.35. The van der Waals surface area contributed by atoms with E-state index in [9.17, 15) is 4.79 Å². The van der Waals surface area contributed by atoms with Crippen LogP contribution in [-0.4, -0.2) is 12.6 Å². The van der Waals surface area contributed by atoms with Crippen LogP contribution >= 0.6 is 0 Å². The van der Waals surface area contributed by atoms with Gasteiger partial charge >= 0.3 is 0 Å². The standard InChI is InChI=1S/C28H21NO4/c30-22-13-18(23-6-3-11-31-23)12-21-28(22)26(17-8-10-24-25(14-17)33-15-32-24)27-19-5-2-1-4-16(19)7-9-20(27)29-21/h1-11,14,18,26,29H,12-13,15H2. The summed E-state index contributed by atoms with van der Waals surface area (Å²) in [6.45, 7) is 0.224. The second kappa shape index (κ2) is 7.01. The number of furan rings is 1. The number of Topliss-reactive ketones (excluding diaryl/α,β-unsaturated/α-hetero) is 1. The van der Waals surface area contributed by atoms with Crippen LogP contribution < -0.4 is 14.8 Å². The number of ketones is 1. The number of benzene rings is 3. The van der Waals surface area contributed by atoms with E-state index in [0.29, 0.717) is 6.42 Å². The first-order valence-corrected chi connectivity index (χ1v) is 11.2. The van der Waals surface area contributed by atoms with Crippen LogP contribution in [0.5, 0.6) is 11.5 Å². The van der Waals surface area contributed by atoms with Crippen molar-refractivity contribution in [1.82, 2.24) is 0 Å². The van der Waals surface area contributed by atoms with Gasteiger partial charge in [-0.25, -0.2) is 0 Å². The molecular weight excluding hydrogens is 414 g/mol. The number of allylic oxidation sites excluding steroid dienone is 2. The fourth-order valence-corrected chi connectivity index (χ4v) is 5.56. The van der Waals surface area contributed by atoms with Gasteiger partial charge in [0, 0.05) is 35.2 Å². The molecule has 2 atom stereocenters. The van der Waals surface area contributed by atoms with Crippen LogP contribution in [0.15, 0.2) is 88.7 Å². The third-order valence-corrected chi connectivity index (χ3v) is 7.02. The van der Waals surface area contributed by atoms with Gasteiger partial charge in [-0.05, 0) is 58.7 Å². The number of rotatable bonds is 2. The molecule has 33 heavy (non-hydrogen) atoms. The van der Waals surface area contributed by atoms with Gasteiger partial charge in [0.15, 0.2) is 17.3 Å². The molecule has 0 saturated heterocycles. The minimum atomic E-state index is -0.179. The van der Waals surface area contributed by atoms with E-state index in [-0.39, 0.29) is 24.4 Å². The lowest BCUT2D eigenvalue weighted by Crippen LogP contribution is -2.29. The zero-order valence-electron chi connectivity index (χ0n) is 17.8. The van der Waals surface area contributed by atoms with Gasteiger partial charge in [0.1, 0.15) is 5.76 Å². The Labute approximate surface area is 190 Å². The highest BCUT2D eigenvalue weighted by Gasteiger charge is 2.40. The van der Waals surface area contributed by atoms with Crippen LogP contribution in [-0.2, 0) is 4.79 Å². The maximum Gasteiger partial charge on any atom is 0.231 e. The summed E-state index contributed by atoms with van der Waals surface area (Å²) in [4.78, 5) is 13.7. The van der Waals surface area contributed by atoms with Crippen molar-refractivity contribution in [2.45, 2.75) is 24.7 Å². The van der Waals surface area contributed by atoms with Crippen LogP contribution in [0.3, 0.4) is 0 Å². The molecular formula is C28H21NO4. The maximum atomic E-state index is 13.7. The third-order valence-electron chi connectivity index (χ3n) is 7.02. The number of nitrogens with one attached hydrogen (secondary N) is 1. The number of hydrogen-bond donors (Lipinski definition) is 1. The van der Waals surface area contributed by atoms with Crippen molar-refractivity contribution in [3.8, 4) is 11.5 Å². The third kappa shape index (κ3) is 2.82. The Morgan fingerprint density at radius 3 is 2.70 bits per heavy atom. The molecule has 162 valence electrons. The van der Waals surface area contributed by atoms with Gasteiger partial charge in [-0.1, -0.05) is 36.4 Å². The number of fused-ring (bicyclic) bond motifs is 4. The number of carbonyl (C=O) groups is 1. The first-order chi connectivity index (χ1) is 16.3. The Bertz CT molecular complexity index is 1450. The van der Waals surface area contributed by atoms with Crippen molar-refractivity contribution in [3.63, 3.8) is 0 Å². The highest BCUT2D eigenvalue weighted by atomic mass is 16.7. The molecule has 0 spiro atoms. The van der Waals surface area contributed by atoms with E-state index in [1.165, 1.54) is 0 Å². The summed E-state index contributed by atoms with van der Waals surface area (Å²) in [5.41, 5.74) is 5.05. The molecule has 2 aliphatic heterocycles. The first kappa shape index (κ1) is 18.6. The van der Waals surface area contributed by atoms with E-state index < -0.39 is 0 Å². The summed E-state index contributed by atoms with van der Waals surface area (Å²) in [6.07, 6.45) is 2.85. The molecule has 2 unspecified atom stereocenters. The Morgan fingerprint density at radius 2 is 1.79 bits per heavy atom. The van der Waals surface area contributed by atoms with E-state index >= 15 is 0 Å². The molecule has 1 aromatic heterocycles. The quantitative estimate of drug-likeness (QED) is 0.411. The molecule has 3 aromatic carbocycles. The Balaban J connectivity index is 1.45. The predicted molar refractivity (Wildman–Crippen MR) is 125 cm³/mol. The van der Waals surface area contributed by atoms with Crippen LogP contribution in [0, 0.1) is 0 Å². The minimum Gasteiger partial charge on any atom is -0.469 e. The van der Waals surface area contributed by atoms with Gasteiger partial charge in [-0.3, -0.25) is 4.79 Å². The zero-order chi connectivity index (χ0) is 21.9. The molecule has 1 N–H and O–H groups in total. The Kier molecular flexibility index (Phi) is 3.94. The van der Waals surface area contributed by atoms with Crippen molar-refractivity contribution >= 4 is 22.2 Å². The van der Waals surface area contributed by atoms with E-state index in [4.69, 9.17) is 13.9 Å². The molecule has 4 aromatic rings. The van der Waals surface area contributed by atoms with Crippen molar-refractivity contribution in [2.75, 3.05) is 12.1 Å². The molecule has 0 fully saturated rings. The molecule has 0 amide bonds. The van der Waals surface area contributed by atoms with Gasteiger partial charge in [-0.2, -0.15) is 0 Å². The molecule has 7 rings (SSSR count). The summed E-state index contributed by atoms with van der Waals surface area (Å²) in [5, 5.41) is 5.93. The van der Waals surface area contributed by atoms with Gasteiger partial charge in [-0.15, -0.1) is 0 Å². The van der Waals surface area contributed by atoms with Gasteiger partial charge < -0.3 is 19.2 Å². The fraction of sp³-hybridized carbons (Fsp3) is 0.179. The van der Waals surface area contributed by atoms with Crippen molar-refractivity contribution in [1.29, 1.82) is 0 Å². The summed E-state index contributed by atoms with van der Waals surface area (Å²) < 4.78 is 16.9. The minimum absolute atomic E-state index is 0.0400. The SMILES string of the molecule is O=C1CC(c2ccco2)CC2=C1C(c1ccc3c(c1)OCO3)c1c(ccc3ccccc13)N2. The molecule has 3 heterocycles. The second-order valence-corrected chi connectivity index (χ2v) is 8.85. The number of ether oxygens (including phenoxy) is 2. The topological polar surface area (TPSA) is 60.7 Å². The largest absolute Gasteiger partial charge is 0.469 e. The molecule has 3 aliphatic rings. The molecule has 5 nitrogen and oxygen atoms in total. The number of anilines is 1. The van der Waals surface area contributed by atoms with E-state index in [0.717, 1.165) is 62.5 Å². The van der Waals surface area contributed by atoms with Crippen molar-refractivity contribution in [3.05, 3.63) is 101 Å². The lowest BCUT2D eigenvalue weighted by Gasteiger charge is -2.37. The molecule has 0 saturated carbocycles. The number of hydrogen-bond acceptors (Lipinski definition) is 5. The van der Waals surface area contributed by atoms with Gasteiger partial charge in [0.25, 0.3) is 0 Å². The number of carbonyl (C=O) groups excluding carboxylic acids is 1. The van der Waals surface area contributed by atoms with Crippen LogP contribution in [0.25, 0.3) is 10.8 Å². The molecule has 5 heteroatoms. The van der Waals surface area contributed by atoms with Crippen LogP contribution in [0.4, 0.5) is 5.69 Å². The van der Waals surface area contributed by atoms with E-state index in [1.807, 2.05) is 30.3 Å². The zero-order valence-corrected chi connectivity index (χ0v) is 17.8. The molecule has 0 radical (unpaired) electrons. The lowest BCUT2D eigenvalue weighted by molar-refractivity contribution is -0.116. The Hall–Kier alpha value is -3.99. The molecule has 1 aliphatic carbocycles. The summed E-state index contributed by atoms with van der Waals surface area (Å²) in [7, 11) is 0. The predicted octanol–water partition coefficient (Wildman–Crippen LogP) is 6.12. The van der Waals surface area contributed by atoms with E-state index in [2.05, 4.69) is 41.7 Å². The van der Waals surface area contributed by atoms with Crippen LogP contribution in [0.2, 0.25) is 0 Å². The Morgan fingerprint density at radius 1 is 0.879 bits per heavy atom. The van der Waals surface area contributed by atoms with Gasteiger partial charge in [0.05, 0.1) is 6.26 Å². The molecule has 0 bridgehead atoms. The van der Waals surface area contributed by atoms with E-state index in [1.54, 1.807) is 6.26 Å². The second-order valence-electron chi connectivity index (χ2n) is 8.85. The fourth-order valence-electron chi connectivity index (χ4n) is 5.56. The van der Waals surface area contributed by atoms with Crippen molar-refractivity contribution < 1.29 is 18.7 Å². The highest BCUT2D eigenvalue weighted by Crippen LogP contribution is 2.51. The monoisotopic (exact) mass is 435 g/mol. The van der Waals surface area contributed by atoms with Crippen LogP contribution in [0.1, 0.15) is 41.6 Å². The smallest absolute Gasteiger partial charge is 0.231 e. The highest BCUT2D eigenvalue weighted by molar-refractivity contribution is 6.04. The summed E-state index contributed by atoms with van der Waals surface area (Å²) >= 11 is 0. The van der Waals surface area contributed by atoms with Gasteiger partial charge in [0.2, 0.25) is 6.79 Å². The van der Waals surface area contributed by atoms with Crippen molar-refractivity contribution in [2.24, 2.45) is 0 Å². The lowest BCUT2D eigenvalue weighted by atomic mass is 9.71. The maximum absolute atomic E-state index is 13.7. The normalized spacial score (nSPS) is 21.0. The average Bonchev–Trinajstić information content (AvgIpc) is 3.54. The summed E-state index contributed by atoms with van der Waals surface area (Å²) in [6, 6.07) is 22.5. The average molecular weight is 435 g/mol.